The Morgan fingerprint density at radius 1 is 1.33 bits per heavy atom. The molecule has 5 nitrogen and oxygen atoms in total. The fourth-order valence-corrected chi connectivity index (χ4v) is 2.97. The van der Waals surface area contributed by atoms with Crippen molar-refractivity contribution in [1.29, 1.82) is 0 Å². The van der Waals surface area contributed by atoms with Crippen molar-refractivity contribution < 1.29 is 18.3 Å². The maximum absolute atomic E-state index is 11.7. The molecular weight excluding hydrogens is 218 g/mol. The van der Waals surface area contributed by atoms with Crippen LogP contribution in [-0.4, -0.2) is 42.1 Å². The van der Waals surface area contributed by atoms with E-state index < -0.39 is 21.2 Å². The van der Waals surface area contributed by atoms with Gasteiger partial charge in [-0.1, -0.05) is 0 Å². The molecular formula is C9H17NO4S. The normalized spacial score (nSPS) is 20.7. The highest BCUT2D eigenvalue weighted by atomic mass is 32.2. The van der Waals surface area contributed by atoms with Gasteiger partial charge >= 0.3 is 5.97 Å². The summed E-state index contributed by atoms with van der Waals surface area (Å²) in [7, 11) is -3.21. The van der Waals surface area contributed by atoms with Crippen LogP contribution >= 0.6 is 0 Å². The SMILES string of the molecule is CC(C)S(=O)(=O)N1CCC(C(=O)O)CC1. The van der Waals surface area contributed by atoms with Crippen molar-refractivity contribution in [2.24, 2.45) is 5.92 Å². The van der Waals surface area contributed by atoms with E-state index in [4.69, 9.17) is 5.11 Å². The van der Waals surface area contributed by atoms with Crippen molar-refractivity contribution in [3.8, 4) is 0 Å². The van der Waals surface area contributed by atoms with E-state index in [1.54, 1.807) is 13.8 Å². The number of sulfonamides is 1. The molecule has 0 aromatic rings. The maximum Gasteiger partial charge on any atom is 0.306 e. The smallest absolute Gasteiger partial charge is 0.306 e. The van der Waals surface area contributed by atoms with Crippen molar-refractivity contribution >= 4 is 16.0 Å². The number of nitrogens with zero attached hydrogens (tertiary/aromatic N) is 1. The number of hydrogen-bond acceptors (Lipinski definition) is 3. The molecule has 0 saturated carbocycles. The molecule has 1 N–H and O–H groups in total. The Balaban J connectivity index is 2.62. The molecule has 6 heteroatoms. The first-order chi connectivity index (χ1) is 6.85. The molecule has 15 heavy (non-hydrogen) atoms. The lowest BCUT2D eigenvalue weighted by atomic mass is 9.99. The molecule has 0 bridgehead atoms. The van der Waals surface area contributed by atoms with Crippen LogP contribution in [0, 0.1) is 5.92 Å². The molecule has 1 saturated heterocycles. The molecule has 0 spiro atoms. The Labute approximate surface area is 90.1 Å². The lowest BCUT2D eigenvalue weighted by Crippen LogP contribution is -2.43. The molecule has 1 heterocycles. The molecule has 88 valence electrons. The maximum atomic E-state index is 11.7. The predicted octanol–water partition coefficient (Wildman–Crippen LogP) is 0.521. The number of carbonyl (C=O) groups is 1. The van der Waals surface area contributed by atoms with Gasteiger partial charge in [0.05, 0.1) is 11.2 Å². The second kappa shape index (κ2) is 4.49. The number of carboxylic acid groups (broad SMARTS) is 1. The molecule has 1 rings (SSSR count). The highest BCUT2D eigenvalue weighted by molar-refractivity contribution is 7.89. The first-order valence-electron chi connectivity index (χ1n) is 5.07. The second-order valence-electron chi connectivity index (χ2n) is 4.11. The summed E-state index contributed by atoms with van der Waals surface area (Å²) in [5.41, 5.74) is 0. The van der Waals surface area contributed by atoms with Gasteiger partial charge in [0, 0.05) is 13.1 Å². The third kappa shape index (κ3) is 2.69. The highest BCUT2D eigenvalue weighted by Gasteiger charge is 2.32. The molecule has 0 unspecified atom stereocenters. The summed E-state index contributed by atoms with van der Waals surface area (Å²) in [6.45, 7) is 3.94. The zero-order valence-corrected chi connectivity index (χ0v) is 9.83. The van der Waals surface area contributed by atoms with Crippen molar-refractivity contribution in [3.05, 3.63) is 0 Å². The van der Waals surface area contributed by atoms with Crippen molar-refractivity contribution in [1.82, 2.24) is 4.31 Å². The van der Waals surface area contributed by atoms with Gasteiger partial charge in [0.1, 0.15) is 0 Å². The van der Waals surface area contributed by atoms with Crippen LogP contribution in [0.15, 0.2) is 0 Å². The minimum absolute atomic E-state index is 0.331. The molecule has 0 aromatic carbocycles. The fourth-order valence-electron chi connectivity index (χ4n) is 1.66. The van der Waals surface area contributed by atoms with E-state index in [0.717, 1.165) is 0 Å². The number of hydrogen-bond donors (Lipinski definition) is 1. The summed E-state index contributed by atoms with van der Waals surface area (Å²) in [6, 6.07) is 0. The van der Waals surface area contributed by atoms with E-state index in [9.17, 15) is 13.2 Å². The van der Waals surface area contributed by atoms with Crippen LogP contribution < -0.4 is 0 Å². The van der Waals surface area contributed by atoms with Crippen LogP contribution in [0.25, 0.3) is 0 Å². The summed E-state index contributed by atoms with van der Waals surface area (Å²) < 4.78 is 24.9. The molecule has 0 aromatic heterocycles. The van der Waals surface area contributed by atoms with E-state index in [-0.39, 0.29) is 5.92 Å². The van der Waals surface area contributed by atoms with E-state index in [0.29, 0.717) is 25.9 Å². The Hall–Kier alpha value is -0.620. The lowest BCUT2D eigenvalue weighted by Gasteiger charge is -2.30. The Morgan fingerprint density at radius 3 is 2.13 bits per heavy atom. The largest absolute Gasteiger partial charge is 0.481 e. The third-order valence-corrected chi connectivity index (χ3v) is 5.04. The molecule has 1 fully saturated rings. The zero-order chi connectivity index (χ0) is 11.6. The van der Waals surface area contributed by atoms with Crippen molar-refractivity contribution in [3.63, 3.8) is 0 Å². The van der Waals surface area contributed by atoms with Gasteiger partial charge in [-0.05, 0) is 26.7 Å². The van der Waals surface area contributed by atoms with Gasteiger partial charge in [-0.15, -0.1) is 0 Å². The standard InChI is InChI=1S/C9H17NO4S/c1-7(2)15(13,14)10-5-3-8(4-6-10)9(11)12/h7-8H,3-6H2,1-2H3,(H,11,12). The molecule has 1 aliphatic heterocycles. The van der Waals surface area contributed by atoms with Crippen LogP contribution in [0.5, 0.6) is 0 Å². The van der Waals surface area contributed by atoms with Gasteiger partial charge in [-0.2, -0.15) is 0 Å². The van der Waals surface area contributed by atoms with Gasteiger partial charge < -0.3 is 5.11 Å². The Kier molecular flexibility index (Phi) is 3.72. The van der Waals surface area contributed by atoms with E-state index in [1.807, 2.05) is 0 Å². The summed E-state index contributed by atoms with van der Waals surface area (Å²) in [5, 5.41) is 8.34. The Morgan fingerprint density at radius 2 is 1.80 bits per heavy atom. The predicted molar refractivity (Wildman–Crippen MR) is 56.0 cm³/mol. The van der Waals surface area contributed by atoms with Crippen molar-refractivity contribution in [2.75, 3.05) is 13.1 Å². The van der Waals surface area contributed by atoms with Crippen LogP contribution in [0.4, 0.5) is 0 Å². The number of rotatable bonds is 3. The molecule has 0 amide bonds. The second-order valence-corrected chi connectivity index (χ2v) is 6.59. The van der Waals surface area contributed by atoms with Gasteiger partial charge in [0.25, 0.3) is 0 Å². The molecule has 1 aliphatic rings. The van der Waals surface area contributed by atoms with E-state index in [1.165, 1.54) is 4.31 Å². The quantitative estimate of drug-likeness (QED) is 0.774. The lowest BCUT2D eigenvalue weighted by molar-refractivity contribution is -0.142. The molecule has 0 aliphatic carbocycles. The fraction of sp³-hybridized carbons (Fsp3) is 0.889. The molecule has 0 atom stereocenters. The summed E-state index contributed by atoms with van der Waals surface area (Å²) >= 11 is 0. The number of piperidine rings is 1. The van der Waals surface area contributed by atoms with Crippen LogP contribution in [0.1, 0.15) is 26.7 Å². The van der Waals surface area contributed by atoms with Gasteiger partial charge in [0.2, 0.25) is 10.0 Å². The first-order valence-corrected chi connectivity index (χ1v) is 6.57. The number of aliphatic carboxylic acids is 1. The monoisotopic (exact) mass is 235 g/mol. The minimum Gasteiger partial charge on any atom is -0.481 e. The molecule has 0 radical (unpaired) electrons. The van der Waals surface area contributed by atoms with Crippen LogP contribution in [0.2, 0.25) is 0 Å². The summed E-state index contributed by atoms with van der Waals surface area (Å²) in [4.78, 5) is 10.7. The topological polar surface area (TPSA) is 74.7 Å². The first kappa shape index (κ1) is 12.4. The van der Waals surface area contributed by atoms with Gasteiger partial charge in [-0.25, -0.2) is 12.7 Å². The average molecular weight is 235 g/mol. The van der Waals surface area contributed by atoms with Crippen LogP contribution in [-0.2, 0) is 14.8 Å². The van der Waals surface area contributed by atoms with E-state index >= 15 is 0 Å². The van der Waals surface area contributed by atoms with E-state index in [2.05, 4.69) is 0 Å². The average Bonchev–Trinajstić information content (AvgIpc) is 2.17. The van der Waals surface area contributed by atoms with Gasteiger partial charge in [0.15, 0.2) is 0 Å². The highest BCUT2D eigenvalue weighted by Crippen LogP contribution is 2.21. The third-order valence-electron chi connectivity index (χ3n) is 2.76. The van der Waals surface area contributed by atoms with Gasteiger partial charge in [-0.3, -0.25) is 4.79 Å². The zero-order valence-electron chi connectivity index (χ0n) is 9.01. The van der Waals surface area contributed by atoms with Crippen LogP contribution in [0.3, 0.4) is 0 Å². The number of carboxylic acids is 1. The Bertz CT molecular complexity index is 328. The minimum atomic E-state index is -3.21. The summed E-state index contributed by atoms with van der Waals surface area (Å²) in [6.07, 6.45) is 0.836. The summed E-state index contributed by atoms with van der Waals surface area (Å²) in [5.74, 6) is -1.21. The van der Waals surface area contributed by atoms with Crippen molar-refractivity contribution in [2.45, 2.75) is 31.9 Å².